The molecule has 146 valence electrons. The minimum atomic E-state index is -3.46. The van der Waals surface area contributed by atoms with Crippen molar-refractivity contribution < 1.29 is 21.9 Å². The van der Waals surface area contributed by atoms with Gasteiger partial charge in [0.1, 0.15) is 5.75 Å². The Labute approximate surface area is 158 Å². The highest BCUT2D eigenvalue weighted by atomic mass is 32.2. The highest BCUT2D eigenvalue weighted by Crippen LogP contribution is 2.46. The summed E-state index contributed by atoms with van der Waals surface area (Å²) in [5, 5.41) is 0. The largest absolute Gasteiger partial charge is 0.493 e. The number of fused-ring (bicyclic) bond motifs is 1. The lowest BCUT2D eigenvalue weighted by molar-refractivity contribution is 0.0466. The molecule has 3 aliphatic rings. The van der Waals surface area contributed by atoms with E-state index in [1.165, 1.54) is 12.1 Å². The van der Waals surface area contributed by atoms with Crippen molar-refractivity contribution in [3.8, 4) is 5.75 Å². The minimum absolute atomic E-state index is 0.0185. The Balaban J connectivity index is 1.88. The van der Waals surface area contributed by atoms with Crippen molar-refractivity contribution in [2.75, 3.05) is 26.0 Å². The van der Waals surface area contributed by atoms with Crippen LogP contribution in [0.3, 0.4) is 0 Å². The van der Waals surface area contributed by atoms with Gasteiger partial charge in [-0.25, -0.2) is 8.42 Å². The van der Waals surface area contributed by atoms with Crippen LogP contribution in [0.2, 0.25) is 0 Å². The summed E-state index contributed by atoms with van der Waals surface area (Å²) in [5.74, 6) is -1.97. The fraction of sp³-hybridized carbons (Fsp3) is 0.500. The third-order valence-electron chi connectivity index (χ3n) is 5.29. The van der Waals surface area contributed by atoms with Crippen LogP contribution in [0.5, 0.6) is 5.75 Å². The SMILES string of the molecule is CC1=CC(c2cc(S(C)(=O)=O)ccc2OCC2CC2)=C2N(CCC2(F)F)C1. The molecule has 0 bridgehead atoms. The van der Waals surface area contributed by atoms with Crippen LogP contribution in [-0.4, -0.2) is 45.2 Å². The molecule has 0 aromatic heterocycles. The summed E-state index contributed by atoms with van der Waals surface area (Å²) < 4.78 is 59.3. The lowest BCUT2D eigenvalue weighted by atomic mass is 9.95. The van der Waals surface area contributed by atoms with E-state index in [4.69, 9.17) is 4.74 Å². The molecule has 0 atom stereocenters. The molecule has 1 saturated carbocycles. The van der Waals surface area contributed by atoms with E-state index in [1.807, 2.05) is 6.92 Å². The van der Waals surface area contributed by atoms with E-state index >= 15 is 0 Å². The van der Waals surface area contributed by atoms with E-state index in [0.717, 1.165) is 24.7 Å². The Morgan fingerprint density at radius 1 is 1.30 bits per heavy atom. The van der Waals surface area contributed by atoms with E-state index in [0.29, 0.717) is 42.5 Å². The van der Waals surface area contributed by atoms with Crippen molar-refractivity contribution >= 4 is 15.4 Å². The van der Waals surface area contributed by atoms with Gasteiger partial charge in [0.2, 0.25) is 0 Å². The molecule has 0 N–H and O–H groups in total. The fourth-order valence-electron chi connectivity index (χ4n) is 3.70. The predicted molar refractivity (Wildman–Crippen MR) is 99.6 cm³/mol. The molecule has 7 heteroatoms. The molecule has 2 heterocycles. The summed E-state index contributed by atoms with van der Waals surface area (Å²) in [5.41, 5.74) is 1.75. The summed E-state index contributed by atoms with van der Waals surface area (Å²) in [7, 11) is -3.46. The van der Waals surface area contributed by atoms with Gasteiger partial charge in [-0.05, 0) is 43.9 Å². The summed E-state index contributed by atoms with van der Waals surface area (Å²) >= 11 is 0. The Kier molecular flexibility index (Phi) is 4.33. The van der Waals surface area contributed by atoms with Gasteiger partial charge < -0.3 is 9.64 Å². The molecule has 1 aliphatic carbocycles. The normalized spacial score (nSPS) is 21.9. The molecule has 2 aliphatic heterocycles. The predicted octanol–water partition coefficient (Wildman–Crippen LogP) is 3.89. The molecule has 0 amide bonds. The van der Waals surface area contributed by atoms with E-state index in [2.05, 4.69) is 0 Å². The zero-order valence-electron chi connectivity index (χ0n) is 15.5. The van der Waals surface area contributed by atoms with E-state index < -0.39 is 15.8 Å². The van der Waals surface area contributed by atoms with Crippen LogP contribution in [0.4, 0.5) is 8.78 Å². The highest BCUT2D eigenvalue weighted by Gasteiger charge is 2.47. The van der Waals surface area contributed by atoms with Crippen LogP contribution in [0.1, 0.15) is 31.7 Å². The van der Waals surface area contributed by atoms with E-state index in [9.17, 15) is 17.2 Å². The number of benzene rings is 1. The average Bonchev–Trinajstić information content (AvgIpc) is 3.36. The van der Waals surface area contributed by atoms with Gasteiger partial charge in [-0.2, -0.15) is 8.78 Å². The number of ether oxygens (including phenoxy) is 1. The molecular weight excluding hydrogens is 372 g/mol. The van der Waals surface area contributed by atoms with Crippen molar-refractivity contribution in [1.82, 2.24) is 4.90 Å². The lowest BCUT2D eigenvalue weighted by Crippen LogP contribution is -2.28. The summed E-state index contributed by atoms with van der Waals surface area (Å²) in [4.78, 5) is 1.80. The molecule has 0 unspecified atom stereocenters. The number of alkyl halides is 2. The first-order valence-electron chi connectivity index (χ1n) is 9.17. The Hall–Kier alpha value is -1.89. The van der Waals surface area contributed by atoms with Crippen molar-refractivity contribution in [3.05, 3.63) is 41.1 Å². The first kappa shape index (κ1) is 18.5. The summed E-state index contributed by atoms with van der Waals surface area (Å²) in [6.45, 7) is 3.19. The number of allylic oxidation sites excluding steroid dienone is 3. The quantitative estimate of drug-likeness (QED) is 0.759. The van der Waals surface area contributed by atoms with E-state index in [1.54, 1.807) is 17.0 Å². The number of sulfone groups is 1. The first-order valence-corrected chi connectivity index (χ1v) is 11.1. The molecular formula is C20H23F2NO3S. The van der Waals surface area contributed by atoms with Crippen LogP contribution >= 0.6 is 0 Å². The minimum Gasteiger partial charge on any atom is -0.493 e. The zero-order valence-corrected chi connectivity index (χ0v) is 16.3. The molecule has 1 saturated heterocycles. The molecule has 1 aromatic rings. The number of halogens is 2. The highest BCUT2D eigenvalue weighted by molar-refractivity contribution is 7.90. The van der Waals surface area contributed by atoms with Crippen LogP contribution in [-0.2, 0) is 9.84 Å². The molecule has 0 spiro atoms. The molecule has 1 aromatic carbocycles. The van der Waals surface area contributed by atoms with Gasteiger partial charge in [-0.15, -0.1) is 0 Å². The molecule has 2 fully saturated rings. The second kappa shape index (κ2) is 6.33. The van der Waals surface area contributed by atoms with Gasteiger partial charge in [0.05, 0.1) is 17.2 Å². The standard InChI is InChI=1S/C20H23F2NO3S/c1-13-9-17(19-20(21,22)7-8-23(19)11-13)16-10-15(27(2,24)25)5-6-18(16)26-12-14-3-4-14/h5-6,9-10,14H,3-4,7-8,11-12H2,1-2H3. The average molecular weight is 395 g/mol. The Bertz CT molecular complexity index is 946. The zero-order chi connectivity index (χ0) is 19.4. The topological polar surface area (TPSA) is 46.6 Å². The number of nitrogens with zero attached hydrogens (tertiary/aromatic N) is 1. The molecule has 4 rings (SSSR count). The molecule has 27 heavy (non-hydrogen) atoms. The Morgan fingerprint density at radius 2 is 2.04 bits per heavy atom. The number of rotatable bonds is 5. The fourth-order valence-corrected chi connectivity index (χ4v) is 4.34. The van der Waals surface area contributed by atoms with Gasteiger partial charge in [-0.1, -0.05) is 11.6 Å². The third-order valence-corrected chi connectivity index (χ3v) is 6.40. The van der Waals surface area contributed by atoms with Gasteiger partial charge in [0, 0.05) is 36.9 Å². The number of hydrogen-bond acceptors (Lipinski definition) is 4. The van der Waals surface area contributed by atoms with Gasteiger partial charge in [0.15, 0.2) is 9.84 Å². The second-order valence-electron chi connectivity index (χ2n) is 7.81. The van der Waals surface area contributed by atoms with Gasteiger partial charge in [-0.3, -0.25) is 0 Å². The van der Waals surface area contributed by atoms with Crippen LogP contribution in [0.15, 0.2) is 40.4 Å². The molecule has 4 nitrogen and oxygen atoms in total. The lowest BCUT2D eigenvalue weighted by Gasteiger charge is -2.30. The van der Waals surface area contributed by atoms with Crippen LogP contribution in [0, 0.1) is 5.92 Å². The summed E-state index contributed by atoms with van der Waals surface area (Å²) in [6, 6.07) is 4.55. The first-order chi connectivity index (χ1) is 12.6. The number of hydrogen-bond donors (Lipinski definition) is 0. The monoisotopic (exact) mass is 395 g/mol. The van der Waals surface area contributed by atoms with Crippen molar-refractivity contribution in [2.24, 2.45) is 5.92 Å². The maximum Gasteiger partial charge on any atom is 0.289 e. The maximum absolute atomic E-state index is 14.6. The molecule has 0 radical (unpaired) electrons. The van der Waals surface area contributed by atoms with Crippen LogP contribution in [0.25, 0.3) is 5.57 Å². The summed E-state index contributed by atoms with van der Waals surface area (Å²) in [6.07, 6.45) is 4.85. The van der Waals surface area contributed by atoms with Crippen molar-refractivity contribution in [1.29, 1.82) is 0 Å². The van der Waals surface area contributed by atoms with Gasteiger partial charge >= 0.3 is 0 Å². The smallest absolute Gasteiger partial charge is 0.289 e. The Morgan fingerprint density at radius 3 is 2.70 bits per heavy atom. The second-order valence-corrected chi connectivity index (χ2v) is 9.83. The van der Waals surface area contributed by atoms with Crippen molar-refractivity contribution in [3.63, 3.8) is 0 Å². The van der Waals surface area contributed by atoms with Crippen LogP contribution < -0.4 is 4.74 Å². The van der Waals surface area contributed by atoms with E-state index in [-0.39, 0.29) is 17.0 Å². The maximum atomic E-state index is 14.6. The van der Waals surface area contributed by atoms with Crippen molar-refractivity contribution in [2.45, 2.75) is 37.0 Å². The third kappa shape index (κ3) is 3.61. The van der Waals surface area contributed by atoms with Gasteiger partial charge in [0.25, 0.3) is 5.92 Å².